The van der Waals surface area contributed by atoms with E-state index in [1.54, 1.807) is 0 Å². The fourth-order valence-electron chi connectivity index (χ4n) is 1.97. The molecule has 1 aromatic rings. The summed E-state index contributed by atoms with van der Waals surface area (Å²) < 4.78 is 6.68. The van der Waals surface area contributed by atoms with E-state index in [0.29, 0.717) is 6.04 Å². The van der Waals surface area contributed by atoms with Gasteiger partial charge in [0, 0.05) is 11.0 Å². The molecule has 1 atom stereocenters. The summed E-state index contributed by atoms with van der Waals surface area (Å²) in [5, 5.41) is 3.48. The lowest BCUT2D eigenvalue weighted by atomic mass is 9.99. The molecule has 1 fully saturated rings. The molecular weight excluding hydrogens is 254 g/mol. The molecule has 1 N–H and O–H groups in total. The van der Waals surface area contributed by atoms with Crippen molar-refractivity contribution in [2.75, 3.05) is 19.8 Å². The van der Waals surface area contributed by atoms with E-state index in [1.165, 1.54) is 21.2 Å². The summed E-state index contributed by atoms with van der Waals surface area (Å²) in [6, 6.07) is 4.74. The van der Waals surface area contributed by atoms with Gasteiger partial charge in [0.25, 0.3) is 0 Å². The standard InChI is InChI=1S/C12H16BrNO/c1-8-5-10(9(2)11(13)6-8)12-7-15-4-3-14-12/h5-6,12,14H,3-4,7H2,1-2H3. The van der Waals surface area contributed by atoms with Crippen LogP contribution in [0.15, 0.2) is 16.6 Å². The lowest BCUT2D eigenvalue weighted by Crippen LogP contribution is -2.35. The summed E-state index contributed by atoms with van der Waals surface area (Å²) in [6.07, 6.45) is 0. The van der Waals surface area contributed by atoms with Crippen LogP contribution in [0.4, 0.5) is 0 Å². The molecule has 0 saturated carbocycles. The molecule has 0 bridgehead atoms. The molecule has 1 saturated heterocycles. The predicted molar refractivity (Wildman–Crippen MR) is 65.2 cm³/mol. The zero-order chi connectivity index (χ0) is 10.8. The molecule has 2 rings (SSSR count). The summed E-state index contributed by atoms with van der Waals surface area (Å²) in [6.45, 7) is 6.81. The van der Waals surface area contributed by atoms with E-state index in [4.69, 9.17) is 4.74 Å². The van der Waals surface area contributed by atoms with Crippen LogP contribution in [0.3, 0.4) is 0 Å². The van der Waals surface area contributed by atoms with Gasteiger partial charge in [-0.25, -0.2) is 0 Å². The number of benzene rings is 1. The van der Waals surface area contributed by atoms with Crippen molar-refractivity contribution in [2.24, 2.45) is 0 Å². The Morgan fingerprint density at radius 3 is 2.87 bits per heavy atom. The van der Waals surface area contributed by atoms with Gasteiger partial charge in [0.15, 0.2) is 0 Å². The third-order valence-corrected chi connectivity index (χ3v) is 3.65. The lowest BCUT2D eigenvalue weighted by Gasteiger charge is -2.26. The molecule has 0 aromatic heterocycles. The minimum Gasteiger partial charge on any atom is -0.378 e. The van der Waals surface area contributed by atoms with E-state index in [-0.39, 0.29) is 0 Å². The molecule has 1 aliphatic rings. The molecule has 2 nitrogen and oxygen atoms in total. The van der Waals surface area contributed by atoms with Gasteiger partial charge in [-0.1, -0.05) is 22.0 Å². The first-order valence-corrected chi connectivity index (χ1v) is 6.05. The van der Waals surface area contributed by atoms with E-state index in [0.717, 1.165) is 19.8 Å². The van der Waals surface area contributed by atoms with Crippen LogP contribution in [0.5, 0.6) is 0 Å². The van der Waals surface area contributed by atoms with Crippen molar-refractivity contribution in [3.05, 3.63) is 33.3 Å². The van der Waals surface area contributed by atoms with Gasteiger partial charge in [0.05, 0.1) is 19.3 Å². The van der Waals surface area contributed by atoms with Crippen LogP contribution in [-0.2, 0) is 4.74 Å². The maximum Gasteiger partial charge on any atom is 0.0662 e. The van der Waals surface area contributed by atoms with Gasteiger partial charge in [-0.3, -0.25) is 0 Å². The third kappa shape index (κ3) is 2.41. The van der Waals surface area contributed by atoms with E-state index in [1.807, 2.05) is 0 Å². The Hall–Kier alpha value is -0.380. The number of halogens is 1. The molecule has 1 heterocycles. The molecule has 15 heavy (non-hydrogen) atoms. The van der Waals surface area contributed by atoms with Gasteiger partial charge >= 0.3 is 0 Å². The van der Waals surface area contributed by atoms with Gasteiger partial charge in [0.1, 0.15) is 0 Å². The highest BCUT2D eigenvalue weighted by atomic mass is 79.9. The predicted octanol–water partition coefficient (Wildman–Crippen LogP) is 2.73. The molecule has 0 spiro atoms. The Morgan fingerprint density at radius 2 is 2.20 bits per heavy atom. The van der Waals surface area contributed by atoms with Crippen LogP contribution in [0.2, 0.25) is 0 Å². The van der Waals surface area contributed by atoms with Crippen molar-refractivity contribution in [1.29, 1.82) is 0 Å². The van der Waals surface area contributed by atoms with E-state index < -0.39 is 0 Å². The minimum absolute atomic E-state index is 0.343. The quantitative estimate of drug-likeness (QED) is 0.847. The van der Waals surface area contributed by atoms with E-state index in [9.17, 15) is 0 Å². The van der Waals surface area contributed by atoms with Crippen molar-refractivity contribution in [1.82, 2.24) is 5.32 Å². The lowest BCUT2D eigenvalue weighted by molar-refractivity contribution is 0.0766. The Bertz CT molecular complexity index is 359. The van der Waals surface area contributed by atoms with E-state index >= 15 is 0 Å². The number of aryl methyl sites for hydroxylation is 1. The van der Waals surface area contributed by atoms with Crippen LogP contribution in [-0.4, -0.2) is 19.8 Å². The molecule has 3 heteroatoms. The summed E-state index contributed by atoms with van der Waals surface area (Å²) in [7, 11) is 0. The van der Waals surface area contributed by atoms with Crippen molar-refractivity contribution in [2.45, 2.75) is 19.9 Å². The normalized spacial score (nSPS) is 21.7. The molecule has 1 aromatic carbocycles. The van der Waals surface area contributed by atoms with E-state index in [2.05, 4.69) is 47.2 Å². The topological polar surface area (TPSA) is 21.3 Å². The second-order valence-corrected chi connectivity index (χ2v) is 4.90. The first-order chi connectivity index (χ1) is 7.18. The van der Waals surface area contributed by atoms with Crippen LogP contribution >= 0.6 is 15.9 Å². The number of hydrogen-bond acceptors (Lipinski definition) is 2. The second-order valence-electron chi connectivity index (χ2n) is 4.04. The minimum atomic E-state index is 0.343. The summed E-state index contributed by atoms with van der Waals surface area (Å²) in [5.41, 5.74) is 3.94. The highest BCUT2D eigenvalue weighted by Crippen LogP contribution is 2.27. The fraction of sp³-hybridized carbons (Fsp3) is 0.500. The average Bonchev–Trinajstić information content (AvgIpc) is 2.24. The molecule has 1 aliphatic heterocycles. The Kier molecular flexibility index (Phi) is 3.44. The average molecular weight is 270 g/mol. The van der Waals surface area contributed by atoms with Crippen LogP contribution in [0, 0.1) is 13.8 Å². The summed E-state index contributed by atoms with van der Waals surface area (Å²) in [5.74, 6) is 0. The number of morpholine rings is 1. The maximum atomic E-state index is 5.49. The van der Waals surface area contributed by atoms with Gasteiger partial charge < -0.3 is 10.1 Å². The maximum absolute atomic E-state index is 5.49. The number of rotatable bonds is 1. The van der Waals surface area contributed by atoms with Gasteiger partial charge in [-0.2, -0.15) is 0 Å². The van der Waals surface area contributed by atoms with Gasteiger partial charge in [0.2, 0.25) is 0 Å². The summed E-state index contributed by atoms with van der Waals surface area (Å²) >= 11 is 3.59. The summed E-state index contributed by atoms with van der Waals surface area (Å²) in [4.78, 5) is 0. The first kappa shape index (κ1) is 11.1. The molecular formula is C12H16BrNO. The first-order valence-electron chi connectivity index (χ1n) is 5.26. The molecule has 0 aliphatic carbocycles. The van der Waals surface area contributed by atoms with Crippen LogP contribution < -0.4 is 5.32 Å². The monoisotopic (exact) mass is 269 g/mol. The van der Waals surface area contributed by atoms with Crippen molar-refractivity contribution in [3.8, 4) is 0 Å². The Balaban J connectivity index is 2.33. The number of hydrogen-bond donors (Lipinski definition) is 1. The van der Waals surface area contributed by atoms with Crippen LogP contribution in [0.1, 0.15) is 22.7 Å². The molecule has 0 radical (unpaired) electrons. The SMILES string of the molecule is Cc1cc(Br)c(C)c(C2COCCN2)c1. The van der Waals surface area contributed by atoms with Crippen LogP contribution in [0.25, 0.3) is 0 Å². The van der Waals surface area contributed by atoms with Gasteiger partial charge in [-0.15, -0.1) is 0 Å². The third-order valence-electron chi connectivity index (χ3n) is 2.83. The van der Waals surface area contributed by atoms with Crippen molar-refractivity contribution >= 4 is 15.9 Å². The second kappa shape index (κ2) is 4.64. The Morgan fingerprint density at radius 1 is 1.40 bits per heavy atom. The van der Waals surface area contributed by atoms with Gasteiger partial charge in [-0.05, 0) is 36.6 Å². The van der Waals surface area contributed by atoms with Crippen molar-refractivity contribution in [3.63, 3.8) is 0 Å². The number of nitrogens with one attached hydrogen (secondary N) is 1. The van der Waals surface area contributed by atoms with Crippen molar-refractivity contribution < 1.29 is 4.74 Å². The fourth-order valence-corrected chi connectivity index (χ4v) is 2.56. The largest absolute Gasteiger partial charge is 0.378 e. The smallest absolute Gasteiger partial charge is 0.0662 e. The zero-order valence-electron chi connectivity index (χ0n) is 9.14. The molecule has 0 amide bonds. The Labute approximate surface area is 99.1 Å². The highest BCUT2D eigenvalue weighted by Gasteiger charge is 2.18. The highest BCUT2D eigenvalue weighted by molar-refractivity contribution is 9.10. The number of ether oxygens (including phenoxy) is 1. The molecule has 1 unspecified atom stereocenters. The zero-order valence-corrected chi connectivity index (χ0v) is 10.7. The molecule has 82 valence electrons.